The van der Waals surface area contributed by atoms with Gasteiger partial charge < -0.3 is 10.5 Å². The summed E-state index contributed by atoms with van der Waals surface area (Å²) in [6.07, 6.45) is 3.42. The van der Waals surface area contributed by atoms with Crippen molar-refractivity contribution < 1.29 is 4.74 Å². The van der Waals surface area contributed by atoms with E-state index in [4.69, 9.17) is 10.5 Å². The smallest absolute Gasteiger partial charge is 0.151 e. The molecule has 0 unspecified atom stereocenters. The topological polar surface area (TPSA) is 66.0 Å². The summed E-state index contributed by atoms with van der Waals surface area (Å²) in [6.45, 7) is 0.575. The molecule has 0 saturated heterocycles. The third kappa shape index (κ3) is 2.17. The van der Waals surface area contributed by atoms with E-state index in [1.807, 2.05) is 29.0 Å². The molecule has 3 aromatic rings. The fraction of sp³-hybridized carbons (Fsp3) is 0.143. The molecule has 5 nitrogen and oxygen atoms in total. The van der Waals surface area contributed by atoms with Crippen molar-refractivity contribution in [1.29, 1.82) is 0 Å². The third-order valence-corrected chi connectivity index (χ3v) is 3.67. The number of benzene rings is 1. The van der Waals surface area contributed by atoms with E-state index in [-0.39, 0.29) is 0 Å². The maximum atomic E-state index is 5.91. The normalized spacial score (nSPS) is 11.1. The van der Waals surface area contributed by atoms with Gasteiger partial charge in [-0.3, -0.25) is 4.57 Å². The second-order valence-electron chi connectivity index (χ2n) is 4.41. The Morgan fingerprint density at radius 2 is 2.20 bits per heavy atom. The molecule has 0 aliphatic heterocycles. The summed E-state index contributed by atoms with van der Waals surface area (Å²) >= 11 is 3.51. The number of nitrogens with two attached hydrogens (primary N) is 1. The van der Waals surface area contributed by atoms with Crippen LogP contribution in [0.4, 0.5) is 5.82 Å². The Hall–Kier alpha value is -1.92. The maximum absolute atomic E-state index is 5.91. The number of methoxy groups -OCH3 is 1. The van der Waals surface area contributed by atoms with Gasteiger partial charge in [0.2, 0.25) is 0 Å². The molecule has 0 atom stereocenters. The van der Waals surface area contributed by atoms with E-state index in [0.717, 1.165) is 26.8 Å². The Kier molecular flexibility index (Phi) is 3.42. The molecule has 0 bridgehead atoms. The summed E-state index contributed by atoms with van der Waals surface area (Å²) in [4.78, 5) is 8.35. The van der Waals surface area contributed by atoms with Crippen LogP contribution >= 0.6 is 15.9 Å². The van der Waals surface area contributed by atoms with E-state index in [9.17, 15) is 0 Å². The molecule has 20 heavy (non-hydrogen) atoms. The van der Waals surface area contributed by atoms with Gasteiger partial charge in [-0.2, -0.15) is 0 Å². The van der Waals surface area contributed by atoms with Crippen LogP contribution < -0.4 is 5.73 Å². The Bertz CT molecular complexity index is 769. The molecule has 0 spiro atoms. The minimum Gasteiger partial charge on any atom is -0.383 e. The third-order valence-electron chi connectivity index (χ3n) is 3.07. The molecule has 2 heterocycles. The lowest BCUT2D eigenvalue weighted by molar-refractivity contribution is 0.185. The van der Waals surface area contributed by atoms with Crippen LogP contribution in [0.1, 0.15) is 5.56 Å². The molecular formula is C14H13BrN4O. The molecule has 1 aromatic carbocycles. The van der Waals surface area contributed by atoms with Crippen molar-refractivity contribution in [1.82, 2.24) is 14.5 Å². The number of rotatable bonds is 3. The quantitative estimate of drug-likeness (QED) is 0.800. The highest BCUT2D eigenvalue weighted by Gasteiger charge is 2.12. The highest BCUT2D eigenvalue weighted by atomic mass is 79.9. The number of hydrogen-bond donors (Lipinski definition) is 1. The van der Waals surface area contributed by atoms with E-state index in [2.05, 4.69) is 32.0 Å². The molecular weight excluding hydrogens is 320 g/mol. The van der Waals surface area contributed by atoms with Gasteiger partial charge in [0.05, 0.1) is 12.0 Å². The van der Waals surface area contributed by atoms with Crippen molar-refractivity contribution >= 4 is 32.8 Å². The van der Waals surface area contributed by atoms with Gasteiger partial charge in [-0.1, -0.05) is 12.1 Å². The molecule has 3 rings (SSSR count). The fourth-order valence-corrected chi connectivity index (χ4v) is 2.79. The van der Waals surface area contributed by atoms with Gasteiger partial charge in [0.1, 0.15) is 12.1 Å². The largest absolute Gasteiger partial charge is 0.383 e. The first-order chi connectivity index (χ1) is 9.70. The summed E-state index contributed by atoms with van der Waals surface area (Å²) < 4.78 is 8.03. The standard InChI is InChI=1S/C14H13BrN4O/c1-20-7-9-3-2-4-10(5-9)19-6-11(15)12-13(16)17-8-18-14(12)19/h2-6,8H,7H2,1H3,(H2,16,17,18). The van der Waals surface area contributed by atoms with Gasteiger partial charge in [-0.05, 0) is 33.6 Å². The number of fused-ring (bicyclic) bond motifs is 1. The average molecular weight is 333 g/mol. The average Bonchev–Trinajstić information content (AvgIpc) is 2.78. The molecule has 0 amide bonds. The van der Waals surface area contributed by atoms with E-state index in [1.165, 1.54) is 6.33 Å². The zero-order valence-corrected chi connectivity index (χ0v) is 12.5. The van der Waals surface area contributed by atoms with Crippen LogP contribution in [0.3, 0.4) is 0 Å². The zero-order valence-electron chi connectivity index (χ0n) is 10.9. The first kappa shape index (κ1) is 13.1. The monoisotopic (exact) mass is 332 g/mol. The molecule has 0 saturated carbocycles. The van der Waals surface area contributed by atoms with Crippen molar-refractivity contribution in [3.63, 3.8) is 0 Å². The molecule has 2 aromatic heterocycles. The van der Waals surface area contributed by atoms with Crippen molar-refractivity contribution in [3.05, 3.63) is 46.8 Å². The van der Waals surface area contributed by atoms with Crippen LogP contribution in [-0.2, 0) is 11.3 Å². The highest BCUT2D eigenvalue weighted by molar-refractivity contribution is 9.10. The second kappa shape index (κ2) is 5.22. The van der Waals surface area contributed by atoms with Crippen LogP contribution in [0.5, 0.6) is 0 Å². The predicted molar refractivity (Wildman–Crippen MR) is 81.7 cm³/mol. The SMILES string of the molecule is COCc1cccc(-n2cc(Br)c3c(N)ncnc32)c1. The number of anilines is 1. The van der Waals surface area contributed by atoms with Gasteiger partial charge in [0.25, 0.3) is 0 Å². The lowest BCUT2D eigenvalue weighted by Gasteiger charge is -2.07. The first-order valence-corrected chi connectivity index (χ1v) is 6.85. The van der Waals surface area contributed by atoms with Crippen molar-refractivity contribution in [3.8, 4) is 5.69 Å². The van der Waals surface area contributed by atoms with E-state index in [1.54, 1.807) is 7.11 Å². The van der Waals surface area contributed by atoms with E-state index < -0.39 is 0 Å². The van der Waals surface area contributed by atoms with Crippen LogP contribution in [0.15, 0.2) is 41.3 Å². The van der Waals surface area contributed by atoms with E-state index >= 15 is 0 Å². The van der Waals surface area contributed by atoms with Crippen molar-refractivity contribution in [2.75, 3.05) is 12.8 Å². The molecule has 2 N–H and O–H groups in total. The number of ether oxygens (including phenoxy) is 1. The molecule has 0 fully saturated rings. The lowest BCUT2D eigenvalue weighted by Crippen LogP contribution is -1.98. The number of nitrogen functional groups attached to an aromatic ring is 1. The molecule has 0 aliphatic rings. The van der Waals surface area contributed by atoms with Crippen LogP contribution in [-0.4, -0.2) is 21.6 Å². The van der Waals surface area contributed by atoms with Crippen LogP contribution in [0.2, 0.25) is 0 Å². The van der Waals surface area contributed by atoms with Crippen LogP contribution in [0.25, 0.3) is 16.7 Å². The summed E-state index contributed by atoms with van der Waals surface area (Å²) in [5.41, 5.74) is 8.80. The van der Waals surface area contributed by atoms with Crippen molar-refractivity contribution in [2.24, 2.45) is 0 Å². The summed E-state index contributed by atoms with van der Waals surface area (Å²) in [7, 11) is 1.68. The number of halogens is 1. The molecule has 0 radical (unpaired) electrons. The lowest BCUT2D eigenvalue weighted by atomic mass is 10.2. The first-order valence-electron chi connectivity index (χ1n) is 6.06. The highest BCUT2D eigenvalue weighted by Crippen LogP contribution is 2.30. The Morgan fingerprint density at radius 1 is 1.35 bits per heavy atom. The summed E-state index contributed by atoms with van der Waals surface area (Å²) in [5.74, 6) is 0.466. The number of aromatic nitrogens is 3. The van der Waals surface area contributed by atoms with Gasteiger partial charge in [0, 0.05) is 23.5 Å². The second-order valence-corrected chi connectivity index (χ2v) is 5.26. The fourth-order valence-electron chi connectivity index (χ4n) is 2.20. The summed E-state index contributed by atoms with van der Waals surface area (Å²) in [6, 6.07) is 8.10. The van der Waals surface area contributed by atoms with Gasteiger partial charge in [-0.25, -0.2) is 9.97 Å². The van der Waals surface area contributed by atoms with Gasteiger partial charge in [0.15, 0.2) is 5.65 Å². The maximum Gasteiger partial charge on any atom is 0.151 e. The number of hydrogen-bond acceptors (Lipinski definition) is 4. The van der Waals surface area contributed by atoms with Gasteiger partial charge in [-0.15, -0.1) is 0 Å². The summed E-state index contributed by atoms with van der Waals surface area (Å²) in [5, 5.41) is 0.824. The zero-order chi connectivity index (χ0) is 14.1. The number of nitrogens with zero attached hydrogens (tertiary/aromatic N) is 3. The molecule has 6 heteroatoms. The minimum absolute atomic E-state index is 0.466. The Labute approximate surface area is 124 Å². The minimum atomic E-state index is 0.466. The Morgan fingerprint density at radius 3 is 3.00 bits per heavy atom. The van der Waals surface area contributed by atoms with Gasteiger partial charge >= 0.3 is 0 Å². The van der Waals surface area contributed by atoms with Crippen LogP contribution in [0, 0.1) is 0 Å². The van der Waals surface area contributed by atoms with E-state index in [0.29, 0.717) is 12.4 Å². The molecule has 102 valence electrons. The molecule has 0 aliphatic carbocycles. The predicted octanol–water partition coefficient (Wildman–Crippen LogP) is 2.91. The van der Waals surface area contributed by atoms with Crippen molar-refractivity contribution in [2.45, 2.75) is 6.61 Å². The Balaban J connectivity index is 2.20.